The number of carbonyl (C=O) groups is 1. The molecule has 98 valence electrons. The summed E-state index contributed by atoms with van der Waals surface area (Å²) in [6.45, 7) is 1.94. The number of anilines is 2. The van der Waals surface area contributed by atoms with Crippen molar-refractivity contribution in [2.75, 3.05) is 17.7 Å². The Kier molecular flexibility index (Phi) is 3.97. The van der Waals surface area contributed by atoms with Crippen LogP contribution in [0.25, 0.3) is 0 Å². The van der Waals surface area contributed by atoms with Crippen LogP contribution in [-0.2, 0) is 4.79 Å². The van der Waals surface area contributed by atoms with Crippen molar-refractivity contribution in [3.05, 3.63) is 48.2 Å². The molecule has 5 heteroatoms. The van der Waals surface area contributed by atoms with Crippen molar-refractivity contribution in [1.82, 2.24) is 4.98 Å². The molecule has 5 nitrogen and oxygen atoms in total. The number of benzene rings is 1. The van der Waals surface area contributed by atoms with Crippen molar-refractivity contribution < 1.29 is 9.53 Å². The minimum Gasteiger partial charge on any atom is -0.484 e. The number of nitrogens with zero attached hydrogens (tertiary/aromatic N) is 1. The third kappa shape index (κ3) is 3.99. The maximum Gasteiger partial charge on any atom is 0.262 e. The average Bonchev–Trinajstić information content (AvgIpc) is 2.41. The molecule has 0 aliphatic rings. The summed E-state index contributed by atoms with van der Waals surface area (Å²) in [5.74, 6) is 0.831. The van der Waals surface area contributed by atoms with Crippen molar-refractivity contribution in [3.8, 4) is 5.75 Å². The molecule has 3 N–H and O–H groups in total. The van der Waals surface area contributed by atoms with Crippen LogP contribution in [-0.4, -0.2) is 17.5 Å². The van der Waals surface area contributed by atoms with E-state index in [1.54, 1.807) is 12.1 Å². The Balaban J connectivity index is 1.84. The van der Waals surface area contributed by atoms with E-state index in [-0.39, 0.29) is 12.5 Å². The molecule has 2 aromatic rings. The maximum atomic E-state index is 11.6. The number of nitrogens with one attached hydrogen (secondary N) is 1. The summed E-state index contributed by atoms with van der Waals surface area (Å²) < 4.78 is 5.36. The molecular formula is C14H15N3O2. The van der Waals surface area contributed by atoms with Gasteiger partial charge in [-0.2, -0.15) is 0 Å². The molecule has 0 saturated carbocycles. The molecule has 1 amide bonds. The largest absolute Gasteiger partial charge is 0.484 e. The fourth-order valence-electron chi connectivity index (χ4n) is 1.46. The van der Waals surface area contributed by atoms with Gasteiger partial charge in [-0.15, -0.1) is 0 Å². The molecule has 1 aromatic carbocycles. The van der Waals surface area contributed by atoms with Crippen molar-refractivity contribution in [1.29, 1.82) is 0 Å². The highest BCUT2D eigenvalue weighted by molar-refractivity contribution is 5.91. The molecule has 19 heavy (non-hydrogen) atoms. The van der Waals surface area contributed by atoms with Crippen molar-refractivity contribution in [2.45, 2.75) is 6.92 Å². The predicted octanol–water partition coefficient (Wildman–Crippen LogP) is 1.99. The van der Waals surface area contributed by atoms with E-state index in [1.165, 1.54) is 6.20 Å². The number of aromatic nitrogens is 1. The molecule has 0 saturated heterocycles. The third-order valence-corrected chi connectivity index (χ3v) is 2.46. The summed E-state index contributed by atoms with van der Waals surface area (Å²) in [4.78, 5) is 15.5. The lowest BCUT2D eigenvalue weighted by Crippen LogP contribution is -2.20. The minimum atomic E-state index is -0.243. The van der Waals surface area contributed by atoms with Gasteiger partial charge in [0.2, 0.25) is 0 Å². The first-order valence-corrected chi connectivity index (χ1v) is 5.84. The van der Waals surface area contributed by atoms with Gasteiger partial charge in [-0.3, -0.25) is 4.79 Å². The van der Waals surface area contributed by atoms with Gasteiger partial charge in [0, 0.05) is 0 Å². The summed E-state index contributed by atoms with van der Waals surface area (Å²) in [5.41, 5.74) is 7.19. The van der Waals surface area contributed by atoms with Gasteiger partial charge in [-0.05, 0) is 31.2 Å². The number of carbonyl (C=O) groups excluding carboxylic acids is 1. The van der Waals surface area contributed by atoms with E-state index in [4.69, 9.17) is 10.5 Å². The van der Waals surface area contributed by atoms with Crippen molar-refractivity contribution >= 4 is 17.4 Å². The van der Waals surface area contributed by atoms with Gasteiger partial charge in [-0.1, -0.05) is 17.7 Å². The van der Waals surface area contributed by atoms with Crippen LogP contribution < -0.4 is 15.8 Å². The summed E-state index contributed by atoms with van der Waals surface area (Å²) in [6.07, 6.45) is 1.50. The normalized spacial score (nSPS) is 9.95. The summed E-state index contributed by atoms with van der Waals surface area (Å²) in [7, 11) is 0. The second kappa shape index (κ2) is 5.86. The third-order valence-electron chi connectivity index (χ3n) is 2.46. The number of nitrogen functional groups attached to an aromatic ring is 1. The first-order valence-electron chi connectivity index (χ1n) is 5.84. The fourth-order valence-corrected chi connectivity index (χ4v) is 1.46. The van der Waals surface area contributed by atoms with E-state index in [9.17, 15) is 4.79 Å². The van der Waals surface area contributed by atoms with Crippen LogP contribution in [0, 0.1) is 6.92 Å². The molecule has 0 spiro atoms. The molecule has 0 aliphatic carbocycles. The smallest absolute Gasteiger partial charge is 0.262 e. The zero-order valence-electron chi connectivity index (χ0n) is 10.6. The molecule has 1 aromatic heterocycles. The zero-order valence-corrected chi connectivity index (χ0v) is 10.6. The number of hydrogen-bond acceptors (Lipinski definition) is 4. The van der Waals surface area contributed by atoms with Crippen LogP contribution in [0.5, 0.6) is 5.75 Å². The Hall–Kier alpha value is -2.56. The van der Waals surface area contributed by atoms with E-state index in [1.807, 2.05) is 31.2 Å². The molecule has 0 fully saturated rings. The summed E-state index contributed by atoms with van der Waals surface area (Å²) >= 11 is 0. The van der Waals surface area contributed by atoms with Gasteiger partial charge in [-0.25, -0.2) is 4.98 Å². The van der Waals surface area contributed by atoms with Gasteiger partial charge >= 0.3 is 0 Å². The monoisotopic (exact) mass is 257 g/mol. The Morgan fingerprint density at radius 2 is 2.00 bits per heavy atom. The van der Waals surface area contributed by atoms with Gasteiger partial charge in [0.25, 0.3) is 5.91 Å². The Labute approximate surface area is 111 Å². The average molecular weight is 257 g/mol. The first-order chi connectivity index (χ1) is 9.13. The molecule has 0 bridgehead atoms. The molecule has 0 unspecified atom stereocenters. The Morgan fingerprint density at radius 1 is 1.26 bits per heavy atom. The number of nitrogens with two attached hydrogens (primary N) is 1. The highest BCUT2D eigenvalue weighted by atomic mass is 16.5. The van der Waals surface area contributed by atoms with Crippen LogP contribution in [0.1, 0.15) is 5.56 Å². The Morgan fingerprint density at radius 3 is 2.63 bits per heavy atom. The Bertz CT molecular complexity index is 550. The number of ether oxygens (including phenoxy) is 1. The summed E-state index contributed by atoms with van der Waals surface area (Å²) in [6, 6.07) is 10.8. The quantitative estimate of drug-likeness (QED) is 0.878. The van der Waals surface area contributed by atoms with Gasteiger partial charge < -0.3 is 15.8 Å². The van der Waals surface area contributed by atoms with Crippen LogP contribution in [0.15, 0.2) is 42.6 Å². The molecule has 0 aliphatic heterocycles. The van der Waals surface area contributed by atoms with Crippen LogP contribution in [0.3, 0.4) is 0 Å². The van der Waals surface area contributed by atoms with Crippen LogP contribution >= 0.6 is 0 Å². The standard InChI is InChI=1S/C14H15N3O2/c1-10-2-5-12(6-3-10)19-9-14(18)17-11-4-7-13(15)16-8-11/h2-8H,9H2,1H3,(H2,15,16)(H,17,18). The molecule has 0 atom stereocenters. The highest BCUT2D eigenvalue weighted by Crippen LogP contribution is 2.11. The number of hydrogen-bond donors (Lipinski definition) is 2. The van der Waals surface area contributed by atoms with Crippen molar-refractivity contribution in [3.63, 3.8) is 0 Å². The molecule has 1 heterocycles. The lowest BCUT2D eigenvalue weighted by atomic mass is 10.2. The second-order valence-electron chi connectivity index (χ2n) is 4.12. The van der Waals surface area contributed by atoms with E-state index < -0.39 is 0 Å². The first kappa shape index (κ1) is 12.9. The summed E-state index contributed by atoms with van der Waals surface area (Å²) in [5, 5.41) is 2.67. The van der Waals surface area contributed by atoms with Crippen LogP contribution in [0.4, 0.5) is 11.5 Å². The topological polar surface area (TPSA) is 77.2 Å². The van der Waals surface area contributed by atoms with Crippen molar-refractivity contribution in [2.24, 2.45) is 0 Å². The van der Waals surface area contributed by atoms with Gasteiger partial charge in [0.05, 0.1) is 11.9 Å². The fraction of sp³-hybridized carbons (Fsp3) is 0.143. The highest BCUT2D eigenvalue weighted by Gasteiger charge is 2.03. The number of pyridine rings is 1. The number of amides is 1. The van der Waals surface area contributed by atoms with E-state index in [0.717, 1.165) is 5.56 Å². The van der Waals surface area contributed by atoms with E-state index in [2.05, 4.69) is 10.3 Å². The van der Waals surface area contributed by atoms with E-state index >= 15 is 0 Å². The lowest BCUT2D eigenvalue weighted by molar-refractivity contribution is -0.118. The van der Waals surface area contributed by atoms with Crippen LogP contribution in [0.2, 0.25) is 0 Å². The molecule has 2 rings (SSSR count). The molecule has 0 radical (unpaired) electrons. The lowest BCUT2D eigenvalue weighted by Gasteiger charge is -2.07. The SMILES string of the molecule is Cc1ccc(OCC(=O)Nc2ccc(N)nc2)cc1. The minimum absolute atomic E-state index is 0.0482. The van der Waals surface area contributed by atoms with Gasteiger partial charge in [0.1, 0.15) is 11.6 Å². The zero-order chi connectivity index (χ0) is 13.7. The number of aryl methyl sites for hydroxylation is 1. The van der Waals surface area contributed by atoms with E-state index in [0.29, 0.717) is 17.3 Å². The predicted molar refractivity (Wildman–Crippen MR) is 74.0 cm³/mol. The maximum absolute atomic E-state index is 11.6. The van der Waals surface area contributed by atoms with Gasteiger partial charge in [0.15, 0.2) is 6.61 Å². The number of rotatable bonds is 4. The molecular weight excluding hydrogens is 242 g/mol. The second-order valence-corrected chi connectivity index (χ2v) is 4.12.